The molecule has 1 radical (unpaired) electrons. The molecule has 3 heteroatoms. The number of anilines is 1. The van der Waals surface area contributed by atoms with Gasteiger partial charge >= 0.3 is 5.97 Å². The van der Waals surface area contributed by atoms with Gasteiger partial charge in [-0.1, -0.05) is 24.3 Å². The van der Waals surface area contributed by atoms with Crippen LogP contribution in [0.2, 0.25) is 0 Å². The molecule has 3 N–H and O–H groups in total. The summed E-state index contributed by atoms with van der Waals surface area (Å²) in [5, 5.41) is 8.81. The van der Waals surface area contributed by atoms with E-state index in [4.69, 9.17) is 10.8 Å². The van der Waals surface area contributed by atoms with Crippen molar-refractivity contribution in [1.82, 2.24) is 0 Å². The van der Waals surface area contributed by atoms with Crippen molar-refractivity contribution in [3.8, 4) is 11.1 Å². The second-order valence-electron chi connectivity index (χ2n) is 3.40. The highest BCUT2D eigenvalue weighted by Gasteiger charge is 2.07. The van der Waals surface area contributed by atoms with Gasteiger partial charge in [-0.3, -0.25) is 0 Å². The summed E-state index contributed by atoms with van der Waals surface area (Å²) in [5.74, 6) is -0.974. The molecule has 0 atom stereocenters. The Hall–Kier alpha value is -2.29. The van der Waals surface area contributed by atoms with Crippen molar-refractivity contribution in [1.29, 1.82) is 0 Å². The van der Waals surface area contributed by atoms with Gasteiger partial charge in [-0.2, -0.15) is 0 Å². The van der Waals surface area contributed by atoms with E-state index in [1.165, 1.54) is 6.07 Å². The first-order valence-corrected chi connectivity index (χ1v) is 4.78. The summed E-state index contributed by atoms with van der Waals surface area (Å²) in [4.78, 5) is 10.7. The molecular formula is C13H10NO2. The third-order valence-corrected chi connectivity index (χ3v) is 2.32. The van der Waals surface area contributed by atoms with Crippen LogP contribution in [0.25, 0.3) is 11.1 Å². The van der Waals surface area contributed by atoms with Gasteiger partial charge in [0.25, 0.3) is 0 Å². The molecule has 0 heterocycles. The molecule has 79 valence electrons. The summed E-state index contributed by atoms with van der Waals surface area (Å²) >= 11 is 0. The van der Waals surface area contributed by atoms with Crippen molar-refractivity contribution in [2.45, 2.75) is 0 Å². The molecule has 2 aromatic carbocycles. The summed E-state index contributed by atoms with van der Waals surface area (Å²) in [5.41, 5.74) is 8.22. The minimum absolute atomic E-state index is 0.196. The fourth-order valence-electron chi connectivity index (χ4n) is 1.52. The number of carboxylic acids is 1. The molecule has 0 aliphatic heterocycles. The van der Waals surface area contributed by atoms with Gasteiger partial charge in [-0.05, 0) is 29.8 Å². The number of hydrogen-bond acceptors (Lipinski definition) is 2. The maximum Gasteiger partial charge on any atom is 0.335 e. The van der Waals surface area contributed by atoms with E-state index in [0.29, 0.717) is 5.69 Å². The Morgan fingerprint density at radius 1 is 1.31 bits per heavy atom. The molecule has 0 aliphatic carbocycles. The number of nitrogens with two attached hydrogens (primary N) is 1. The Bertz CT molecular complexity index is 521. The van der Waals surface area contributed by atoms with Crippen LogP contribution in [0.5, 0.6) is 0 Å². The molecule has 0 fully saturated rings. The Labute approximate surface area is 93.1 Å². The van der Waals surface area contributed by atoms with Gasteiger partial charge < -0.3 is 10.8 Å². The van der Waals surface area contributed by atoms with Crippen molar-refractivity contribution in [3.63, 3.8) is 0 Å². The largest absolute Gasteiger partial charge is 0.478 e. The lowest BCUT2D eigenvalue weighted by atomic mass is 10.0. The SMILES string of the molecule is Nc1cc(C(=O)O)ccc1-c1c[c]ccc1. The summed E-state index contributed by atoms with van der Waals surface area (Å²) in [6, 6.07) is 15.0. The predicted octanol–water partition coefficient (Wildman–Crippen LogP) is 2.43. The average molecular weight is 212 g/mol. The minimum Gasteiger partial charge on any atom is -0.478 e. The highest BCUT2D eigenvalue weighted by atomic mass is 16.4. The van der Waals surface area contributed by atoms with Gasteiger partial charge in [-0.25, -0.2) is 4.79 Å². The van der Waals surface area contributed by atoms with Crippen LogP contribution >= 0.6 is 0 Å². The van der Waals surface area contributed by atoms with Gasteiger partial charge in [0.2, 0.25) is 0 Å². The highest BCUT2D eigenvalue weighted by Crippen LogP contribution is 2.26. The molecular weight excluding hydrogens is 202 g/mol. The van der Waals surface area contributed by atoms with E-state index >= 15 is 0 Å². The molecule has 0 amide bonds. The van der Waals surface area contributed by atoms with Crippen LogP contribution in [0, 0.1) is 6.07 Å². The van der Waals surface area contributed by atoms with Gasteiger partial charge in [-0.15, -0.1) is 0 Å². The normalized spacial score (nSPS) is 10.0. The van der Waals surface area contributed by atoms with Crippen LogP contribution in [-0.4, -0.2) is 11.1 Å². The monoisotopic (exact) mass is 212 g/mol. The zero-order chi connectivity index (χ0) is 11.5. The van der Waals surface area contributed by atoms with Crippen LogP contribution in [0.3, 0.4) is 0 Å². The average Bonchev–Trinajstić information content (AvgIpc) is 2.30. The summed E-state index contributed by atoms with van der Waals surface area (Å²) in [6.07, 6.45) is 0. The van der Waals surface area contributed by atoms with Crippen molar-refractivity contribution in [3.05, 3.63) is 54.1 Å². The highest BCUT2D eigenvalue weighted by molar-refractivity contribution is 5.91. The van der Waals surface area contributed by atoms with Crippen molar-refractivity contribution < 1.29 is 9.90 Å². The number of nitrogen functional groups attached to an aromatic ring is 1. The number of benzene rings is 2. The molecule has 2 aromatic rings. The molecule has 0 aromatic heterocycles. The Kier molecular flexibility index (Phi) is 2.60. The quantitative estimate of drug-likeness (QED) is 0.751. The zero-order valence-corrected chi connectivity index (χ0v) is 8.47. The van der Waals surface area contributed by atoms with E-state index in [9.17, 15) is 4.79 Å². The van der Waals surface area contributed by atoms with Gasteiger partial charge in [0.05, 0.1) is 5.56 Å². The molecule has 0 spiro atoms. The molecule has 3 nitrogen and oxygen atoms in total. The lowest BCUT2D eigenvalue weighted by Crippen LogP contribution is -1.99. The standard InChI is InChI=1S/C13H10NO2/c14-12-8-10(13(15)16)6-7-11(12)9-4-2-1-3-5-9/h1-2,4-8H,14H2,(H,15,16). The number of aromatic carboxylic acids is 1. The van der Waals surface area contributed by atoms with E-state index in [0.717, 1.165) is 11.1 Å². The maximum atomic E-state index is 10.7. The molecule has 0 bridgehead atoms. The van der Waals surface area contributed by atoms with Crippen LogP contribution in [0.4, 0.5) is 5.69 Å². The van der Waals surface area contributed by atoms with E-state index in [1.807, 2.05) is 18.2 Å². The summed E-state index contributed by atoms with van der Waals surface area (Å²) < 4.78 is 0. The smallest absolute Gasteiger partial charge is 0.335 e. The van der Waals surface area contributed by atoms with Crippen LogP contribution < -0.4 is 5.73 Å². The van der Waals surface area contributed by atoms with Gasteiger partial charge in [0.15, 0.2) is 0 Å². The number of rotatable bonds is 2. The first-order chi connectivity index (χ1) is 7.68. The van der Waals surface area contributed by atoms with Crippen molar-refractivity contribution in [2.75, 3.05) is 5.73 Å². The van der Waals surface area contributed by atoms with Crippen molar-refractivity contribution in [2.24, 2.45) is 0 Å². The third kappa shape index (κ3) is 1.88. The van der Waals surface area contributed by atoms with E-state index in [1.54, 1.807) is 18.2 Å². The Morgan fingerprint density at radius 3 is 2.69 bits per heavy atom. The third-order valence-electron chi connectivity index (χ3n) is 2.32. The lowest BCUT2D eigenvalue weighted by Gasteiger charge is -2.06. The summed E-state index contributed by atoms with van der Waals surface area (Å²) in [7, 11) is 0. The molecule has 0 saturated carbocycles. The van der Waals surface area contributed by atoms with E-state index in [2.05, 4.69) is 6.07 Å². The first-order valence-electron chi connectivity index (χ1n) is 4.78. The van der Waals surface area contributed by atoms with Crippen LogP contribution in [0.15, 0.2) is 42.5 Å². The van der Waals surface area contributed by atoms with E-state index < -0.39 is 5.97 Å². The Morgan fingerprint density at radius 2 is 2.12 bits per heavy atom. The first kappa shape index (κ1) is 10.2. The predicted molar refractivity (Wildman–Crippen MR) is 62.1 cm³/mol. The molecule has 0 aliphatic rings. The maximum absolute atomic E-state index is 10.7. The number of carboxylic acid groups (broad SMARTS) is 1. The fraction of sp³-hybridized carbons (Fsp3) is 0. The topological polar surface area (TPSA) is 63.3 Å². The zero-order valence-electron chi connectivity index (χ0n) is 8.47. The van der Waals surface area contributed by atoms with E-state index in [-0.39, 0.29) is 5.56 Å². The fourth-order valence-corrected chi connectivity index (χ4v) is 1.52. The second kappa shape index (κ2) is 4.06. The number of carbonyl (C=O) groups is 1. The minimum atomic E-state index is -0.974. The molecule has 0 unspecified atom stereocenters. The van der Waals surface area contributed by atoms with Gasteiger partial charge in [0.1, 0.15) is 0 Å². The summed E-state index contributed by atoms with van der Waals surface area (Å²) in [6.45, 7) is 0. The molecule has 2 rings (SSSR count). The second-order valence-corrected chi connectivity index (χ2v) is 3.40. The Balaban J connectivity index is 2.48. The van der Waals surface area contributed by atoms with Crippen LogP contribution in [0.1, 0.15) is 10.4 Å². The van der Waals surface area contributed by atoms with Crippen LogP contribution in [-0.2, 0) is 0 Å². The van der Waals surface area contributed by atoms with Gasteiger partial charge in [0, 0.05) is 11.3 Å². The lowest BCUT2D eigenvalue weighted by molar-refractivity contribution is 0.0697. The van der Waals surface area contributed by atoms with Crippen molar-refractivity contribution >= 4 is 11.7 Å². The molecule has 16 heavy (non-hydrogen) atoms. The molecule has 0 saturated heterocycles. The number of hydrogen-bond donors (Lipinski definition) is 2.